The third kappa shape index (κ3) is 4.85. The summed E-state index contributed by atoms with van der Waals surface area (Å²) < 4.78 is 5.19. The monoisotopic (exact) mass is 348 g/mol. The van der Waals surface area contributed by atoms with Crippen LogP contribution in [-0.4, -0.2) is 28.8 Å². The minimum Gasteiger partial charge on any atom is -0.396 e. The first-order valence-electron chi connectivity index (χ1n) is 8.08. The van der Waals surface area contributed by atoms with E-state index in [0.717, 1.165) is 28.3 Å². The Labute approximate surface area is 146 Å². The number of rotatable bonds is 8. The van der Waals surface area contributed by atoms with Crippen LogP contribution < -0.4 is 5.32 Å². The maximum Gasteiger partial charge on any atom is 0.252 e. The Kier molecular flexibility index (Phi) is 6.87. The molecule has 0 saturated heterocycles. The molecule has 1 amide bonds. The summed E-state index contributed by atoms with van der Waals surface area (Å²) in [5, 5.41) is 15.8. The Morgan fingerprint density at radius 2 is 2.12 bits per heavy atom. The molecule has 0 aliphatic rings. The summed E-state index contributed by atoms with van der Waals surface area (Å²) in [6.45, 7) is 5.92. The second-order valence-corrected chi connectivity index (χ2v) is 6.85. The largest absolute Gasteiger partial charge is 0.396 e. The van der Waals surface area contributed by atoms with Gasteiger partial charge in [0.2, 0.25) is 0 Å². The summed E-state index contributed by atoms with van der Waals surface area (Å²) in [6, 6.07) is 7.62. The van der Waals surface area contributed by atoms with Crippen LogP contribution in [0.25, 0.3) is 0 Å². The number of nitrogens with one attached hydrogen (secondary N) is 1. The van der Waals surface area contributed by atoms with Crippen molar-refractivity contribution in [2.45, 2.75) is 50.3 Å². The zero-order chi connectivity index (χ0) is 17.5. The van der Waals surface area contributed by atoms with Crippen LogP contribution >= 0.6 is 11.8 Å². The van der Waals surface area contributed by atoms with Crippen molar-refractivity contribution < 1.29 is 14.4 Å². The quantitative estimate of drug-likeness (QED) is 0.715. The van der Waals surface area contributed by atoms with E-state index in [2.05, 4.69) is 10.5 Å². The third-order valence-corrected chi connectivity index (χ3v) is 4.96. The lowest BCUT2D eigenvalue weighted by Crippen LogP contribution is -2.33. The van der Waals surface area contributed by atoms with Crippen LogP contribution in [0.3, 0.4) is 0 Å². The van der Waals surface area contributed by atoms with Crippen molar-refractivity contribution in [3.63, 3.8) is 0 Å². The van der Waals surface area contributed by atoms with Gasteiger partial charge in [0.25, 0.3) is 5.91 Å². The van der Waals surface area contributed by atoms with E-state index in [1.165, 1.54) is 0 Å². The molecule has 1 aromatic carbocycles. The Morgan fingerprint density at radius 1 is 1.38 bits per heavy atom. The Hall–Kier alpha value is -1.79. The van der Waals surface area contributed by atoms with Gasteiger partial charge in [-0.2, -0.15) is 0 Å². The highest BCUT2D eigenvalue weighted by Crippen LogP contribution is 2.28. The van der Waals surface area contributed by atoms with Crippen LogP contribution in [0, 0.1) is 13.8 Å². The molecule has 5 nitrogen and oxygen atoms in total. The molecule has 130 valence electrons. The minimum absolute atomic E-state index is 0.0327. The van der Waals surface area contributed by atoms with E-state index in [4.69, 9.17) is 9.63 Å². The van der Waals surface area contributed by atoms with Gasteiger partial charge in [-0.1, -0.05) is 17.3 Å². The molecule has 0 aliphatic heterocycles. The molecule has 0 spiro atoms. The Bertz CT molecular complexity index is 665. The van der Waals surface area contributed by atoms with Gasteiger partial charge in [-0.3, -0.25) is 4.79 Å². The first-order valence-corrected chi connectivity index (χ1v) is 9.06. The molecule has 0 bridgehead atoms. The van der Waals surface area contributed by atoms with Crippen molar-refractivity contribution in [1.82, 2.24) is 10.5 Å². The van der Waals surface area contributed by atoms with E-state index < -0.39 is 0 Å². The number of aromatic nitrogens is 1. The van der Waals surface area contributed by atoms with Crippen LogP contribution in [0.2, 0.25) is 0 Å². The van der Waals surface area contributed by atoms with E-state index in [1.807, 2.05) is 45.0 Å². The van der Waals surface area contributed by atoms with Gasteiger partial charge in [0.05, 0.1) is 11.3 Å². The normalized spacial score (nSPS) is 12.2. The number of nitrogens with zero attached hydrogens (tertiary/aromatic N) is 1. The molecule has 2 aromatic rings. The van der Waals surface area contributed by atoms with Crippen LogP contribution in [0.5, 0.6) is 0 Å². The first kappa shape index (κ1) is 18.5. The molecule has 0 radical (unpaired) electrons. The number of aliphatic hydroxyl groups excluding tert-OH is 1. The number of thioether (sulfide) groups is 1. The van der Waals surface area contributed by atoms with Crippen molar-refractivity contribution in [2.24, 2.45) is 0 Å². The van der Waals surface area contributed by atoms with Crippen molar-refractivity contribution in [3.8, 4) is 0 Å². The van der Waals surface area contributed by atoms with E-state index >= 15 is 0 Å². The standard InChI is InChI=1S/C18H24N2O3S/c1-12(7-6-10-21)19-18(22)15-8-4-5-9-17(15)24-11-16-13(2)20-23-14(16)3/h4-5,8-9,12,21H,6-7,10-11H2,1-3H3,(H,19,22). The highest BCUT2D eigenvalue weighted by Gasteiger charge is 2.15. The average Bonchev–Trinajstić information content (AvgIpc) is 2.89. The predicted octanol–water partition coefficient (Wildman–Crippen LogP) is 3.47. The summed E-state index contributed by atoms with van der Waals surface area (Å²) >= 11 is 1.61. The summed E-state index contributed by atoms with van der Waals surface area (Å²) in [5.41, 5.74) is 2.64. The second kappa shape index (κ2) is 8.89. The molecule has 2 N–H and O–H groups in total. The molecular formula is C18H24N2O3S. The van der Waals surface area contributed by atoms with E-state index in [0.29, 0.717) is 17.7 Å². The maximum atomic E-state index is 12.5. The Morgan fingerprint density at radius 3 is 2.79 bits per heavy atom. The molecule has 0 aliphatic carbocycles. The molecule has 1 unspecified atom stereocenters. The van der Waals surface area contributed by atoms with E-state index in [-0.39, 0.29) is 18.6 Å². The summed E-state index contributed by atoms with van der Waals surface area (Å²) in [7, 11) is 0. The van der Waals surface area contributed by atoms with Crippen molar-refractivity contribution >= 4 is 17.7 Å². The third-order valence-electron chi connectivity index (χ3n) is 3.86. The zero-order valence-corrected chi connectivity index (χ0v) is 15.2. The molecule has 6 heteroatoms. The van der Waals surface area contributed by atoms with Gasteiger partial charge < -0.3 is 14.9 Å². The minimum atomic E-state index is -0.0812. The molecule has 24 heavy (non-hydrogen) atoms. The van der Waals surface area contributed by atoms with Gasteiger partial charge in [0.15, 0.2) is 0 Å². The van der Waals surface area contributed by atoms with Crippen molar-refractivity contribution in [3.05, 3.63) is 46.8 Å². The Balaban J connectivity index is 2.05. The predicted molar refractivity (Wildman–Crippen MR) is 95.2 cm³/mol. The fraction of sp³-hybridized carbons (Fsp3) is 0.444. The number of aliphatic hydroxyl groups is 1. The molecular weight excluding hydrogens is 324 g/mol. The summed E-state index contributed by atoms with van der Waals surface area (Å²) in [4.78, 5) is 13.5. The van der Waals surface area contributed by atoms with Crippen LogP contribution in [-0.2, 0) is 5.75 Å². The van der Waals surface area contributed by atoms with Gasteiger partial charge in [-0.25, -0.2) is 0 Å². The van der Waals surface area contributed by atoms with Gasteiger partial charge in [-0.05, 0) is 45.7 Å². The molecule has 1 heterocycles. The number of amides is 1. The first-order chi connectivity index (χ1) is 11.5. The summed E-state index contributed by atoms with van der Waals surface area (Å²) in [6.07, 6.45) is 1.44. The summed E-state index contributed by atoms with van der Waals surface area (Å²) in [5.74, 6) is 1.45. The molecule has 1 atom stereocenters. The highest BCUT2D eigenvalue weighted by molar-refractivity contribution is 7.98. The number of carbonyl (C=O) groups is 1. The molecule has 2 rings (SSSR count). The second-order valence-electron chi connectivity index (χ2n) is 5.83. The van der Waals surface area contributed by atoms with Gasteiger partial charge in [-0.15, -0.1) is 11.8 Å². The highest BCUT2D eigenvalue weighted by atomic mass is 32.2. The number of aryl methyl sites for hydroxylation is 2. The van der Waals surface area contributed by atoms with Gasteiger partial charge in [0.1, 0.15) is 5.76 Å². The van der Waals surface area contributed by atoms with E-state index in [1.54, 1.807) is 11.8 Å². The maximum absolute atomic E-state index is 12.5. The van der Waals surface area contributed by atoms with Gasteiger partial charge in [0, 0.05) is 28.9 Å². The van der Waals surface area contributed by atoms with Crippen LogP contribution in [0.4, 0.5) is 0 Å². The lowest BCUT2D eigenvalue weighted by atomic mass is 10.1. The van der Waals surface area contributed by atoms with Crippen molar-refractivity contribution in [1.29, 1.82) is 0 Å². The van der Waals surface area contributed by atoms with Crippen LogP contribution in [0.1, 0.15) is 47.1 Å². The fourth-order valence-corrected chi connectivity index (χ4v) is 3.61. The van der Waals surface area contributed by atoms with Gasteiger partial charge >= 0.3 is 0 Å². The topological polar surface area (TPSA) is 75.4 Å². The smallest absolute Gasteiger partial charge is 0.252 e. The van der Waals surface area contributed by atoms with Crippen LogP contribution in [0.15, 0.2) is 33.7 Å². The zero-order valence-electron chi connectivity index (χ0n) is 14.3. The number of hydrogen-bond donors (Lipinski definition) is 2. The molecule has 0 fully saturated rings. The van der Waals surface area contributed by atoms with Crippen molar-refractivity contribution in [2.75, 3.05) is 6.61 Å². The fourth-order valence-electron chi connectivity index (χ4n) is 2.41. The lowest BCUT2D eigenvalue weighted by Gasteiger charge is -2.15. The lowest BCUT2D eigenvalue weighted by molar-refractivity contribution is 0.0933. The SMILES string of the molecule is Cc1noc(C)c1CSc1ccccc1C(=O)NC(C)CCCO. The number of carbonyl (C=O) groups excluding carboxylic acids is 1. The van der Waals surface area contributed by atoms with E-state index in [9.17, 15) is 4.79 Å². The average molecular weight is 348 g/mol. The number of hydrogen-bond acceptors (Lipinski definition) is 5. The number of benzene rings is 1. The molecule has 1 aromatic heterocycles. The molecule has 0 saturated carbocycles.